The Morgan fingerprint density at radius 1 is 1.25 bits per heavy atom. The number of ether oxygens (including phenoxy) is 1. The zero-order chi connectivity index (χ0) is 17.2. The lowest BCUT2D eigenvalue weighted by atomic mass is 10.0. The third-order valence-corrected chi connectivity index (χ3v) is 4.70. The second kappa shape index (κ2) is 10.3. The highest BCUT2D eigenvalue weighted by Crippen LogP contribution is 2.20. The largest absolute Gasteiger partial charge is 0.383 e. The predicted octanol–water partition coefficient (Wildman–Crippen LogP) is 2.37. The molecule has 0 aliphatic carbocycles. The molecule has 1 fully saturated rings. The topological polar surface area (TPSA) is 48.9 Å². The molecule has 1 aromatic carbocycles. The minimum absolute atomic E-state index is 0.671. The summed E-state index contributed by atoms with van der Waals surface area (Å²) in [4.78, 5) is 6.87. The molecule has 0 bridgehead atoms. The first-order valence-electron chi connectivity index (χ1n) is 8.99. The maximum atomic E-state index is 5.06. The number of likely N-dealkylation sites (tertiary alicyclic amines) is 1. The summed E-state index contributed by atoms with van der Waals surface area (Å²) in [6, 6.07) is 9.39. The Labute approximate surface area is 146 Å². The number of nitrogens with one attached hydrogen (secondary N) is 2. The number of aliphatic imine (C=N–C) groups is 1. The third-order valence-electron chi connectivity index (χ3n) is 4.70. The fraction of sp³-hybridized carbons (Fsp3) is 0.632. The average Bonchev–Trinajstić information content (AvgIpc) is 2.61. The van der Waals surface area contributed by atoms with Crippen LogP contribution in [0.4, 0.5) is 0 Å². The zero-order valence-electron chi connectivity index (χ0n) is 15.3. The minimum Gasteiger partial charge on any atom is -0.383 e. The van der Waals surface area contributed by atoms with Crippen LogP contribution in [0.5, 0.6) is 0 Å². The summed E-state index contributed by atoms with van der Waals surface area (Å²) in [5.74, 6) is 0.813. The molecule has 5 nitrogen and oxygen atoms in total. The zero-order valence-corrected chi connectivity index (χ0v) is 15.3. The monoisotopic (exact) mass is 332 g/mol. The molecule has 0 aromatic heterocycles. The molecule has 2 rings (SSSR count). The van der Waals surface area contributed by atoms with Gasteiger partial charge in [-0.1, -0.05) is 30.7 Å². The van der Waals surface area contributed by atoms with E-state index in [0.29, 0.717) is 12.6 Å². The molecule has 5 heteroatoms. The summed E-state index contributed by atoms with van der Waals surface area (Å²) >= 11 is 0. The lowest BCUT2D eigenvalue weighted by Gasteiger charge is -2.33. The van der Waals surface area contributed by atoms with Gasteiger partial charge in [0.2, 0.25) is 0 Å². The number of hydrogen-bond acceptors (Lipinski definition) is 3. The maximum absolute atomic E-state index is 5.06. The molecular formula is C19H32N4O. The van der Waals surface area contributed by atoms with Crippen molar-refractivity contribution in [3.63, 3.8) is 0 Å². The lowest BCUT2D eigenvalue weighted by molar-refractivity contribution is 0.152. The highest BCUT2D eigenvalue weighted by Gasteiger charge is 2.19. The Morgan fingerprint density at radius 3 is 2.75 bits per heavy atom. The van der Waals surface area contributed by atoms with E-state index < -0.39 is 0 Å². The Bertz CT molecular complexity index is 518. The Hall–Kier alpha value is -1.59. The van der Waals surface area contributed by atoms with E-state index in [4.69, 9.17) is 4.74 Å². The van der Waals surface area contributed by atoms with E-state index in [1.54, 1.807) is 14.2 Å². The highest BCUT2D eigenvalue weighted by molar-refractivity contribution is 5.79. The molecule has 134 valence electrons. The van der Waals surface area contributed by atoms with Crippen molar-refractivity contribution in [2.45, 2.75) is 45.3 Å². The van der Waals surface area contributed by atoms with Crippen molar-refractivity contribution in [1.29, 1.82) is 0 Å². The predicted molar refractivity (Wildman–Crippen MR) is 100 cm³/mol. The summed E-state index contributed by atoms with van der Waals surface area (Å²) in [5, 5.41) is 6.65. The minimum atomic E-state index is 0.671. The first kappa shape index (κ1) is 18.7. The molecule has 1 saturated heterocycles. The van der Waals surface area contributed by atoms with E-state index in [1.807, 2.05) is 0 Å². The molecule has 0 spiro atoms. The Balaban J connectivity index is 1.93. The molecule has 0 radical (unpaired) electrons. The van der Waals surface area contributed by atoms with Gasteiger partial charge in [0.1, 0.15) is 0 Å². The van der Waals surface area contributed by atoms with Gasteiger partial charge in [0, 0.05) is 39.8 Å². The van der Waals surface area contributed by atoms with E-state index in [9.17, 15) is 0 Å². The van der Waals surface area contributed by atoms with Crippen LogP contribution in [0.3, 0.4) is 0 Å². The average molecular weight is 332 g/mol. The summed E-state index contributed by atoms with van der Waals surface area (Å²) in [7, 11) is 3.50. The van der Waals surface area contributed by atoms with E-state index in [0.717, 1.165) is 25.6 Å². The van der Waals surface area contributed by atoms with Crippen LogP contribution in [0.2, 0.25) is 0 Å². The third kappa shape index (κ3) is 5.80. The number of nitrogens with zero attached hydrogens (tertiary/aromatic N) is 2. The molecule has 1 aromatic rings. The molecule has 0 amide bonds. The molecule has 1 aliphatic heterocycles. The van der Waals surface area contributed by atoms with Crippen LogP contribution in [0.15, 0.2) is 29.3 Å². The number of rotatable bonds is 7. The van der Waals surface area contributed by atoms with Crippen molar-refractivity contribution in [2.24, 2.45) is 4.99 Å². The molecule has 1 heterocycles. The SMILES string of the molecule is CN=C(NCCOC)NCc1ccccc1CN1CCCCC1C. The summed E-state index contributed by atoms with van der Waals surface area (Å²) in [5.41, 5.74) is 2.75. The van der Waals surface area contributed by atoms with Crippen molar-refractivity contribution in [1.82, 2.24) is 15.5 Å². The molecule has 0 saturated carbocycles. The molecule has 24 heavy (non-hydrogen) atoms. The fourth-order valence-corrected chi connectivity index (χ4v) is 3.17. The number of guanidine groups is 1. The van der Waals surface area contributed by atoms with Crippen LogP contribution in [0.25, 0.3) is 0 Å². The van der Waals surface area contributed by atoms with Gasteiger partial charge in [-0.3, -0.25) is 9.89 Å². The van der Waals surface area contributed by atoms with Gasteiger partial charge in [0.25, 0.3) is 0 Å². The summed E-state index contributed by atoms with van der Waals surface area (Å²) in [6.07, 6.45) is 4.00. The van der Waals surface area contributed by atoms with Gasteiger partial charge in [-0.05, 0) is 37.4 Å². The molecule has 1 unspecified atom stereocenters. The molecule has 2 N–H and O–H groups in total. The van der Waals surface area contributed by atoms with Crippen molar-refractivity contribution in [3.05, 3.63) is 35.4 Å². The normalized spacial score (nSPS) is 19.3. The lowest BCUT2D eigenvalue weighted by Crippen LogP contribution is -2.39. The number of benzene rings is 1. The van der Waals surface area contributed by atoms with Gasteiger partial charge in [0.15, 0.2) is 5.96 Å². The van der Waals surface area contributed by atoms with Crippen molar-refractivity contribution >= 4 is 5.96 Å². The van der Waals surface area contributed by atoms with Gasteiger partial charge in [0.05, 0.1) is 6.61 Å². The second-order valence-electron chi connectivity index (χ2n) is 6.43. The second-order valence-corrected chi connectivity index (χ2v) is 6.43. The molecule has 1 aliphatic rings. The van der Waals surface area contributed by atoms with Gasteiger partial charge in [-0.25, -0.2) is 0 Å². The number of methoxy groups -OCH3 is 1. The van der Waals surface area contributed by atoms with Crippen LogP contribution in [0, 0.1) is 0 Å². The fourth-order valence-electron chi connectivity index (χ4n) is 3.17. The van der Waals surface area contributed by atoms with Crippen molar-refractivity contribution < 1.29 is 4.74 Å². The van der Waals surface area contributed by atoms with E-state index in [1.165, 1.54) is 36.9 Å². The van der Waals surface area contributed by atoms with Crippen LogP contribution < -0.4 is 10.6 Å². The summed E-state index contributed by atoms with van der Waals surface area (Å²) < 4.78 is 5.06. The Kier molecular flexibility index (Phi) is 8.05. The smallest absolute Gasteiger partial charge is 0.191 e. The van der Waals surface area contributed by atoms with Crippen LogP contribution >= 0.6 is 0 Å². The van der Waals surface area contributed by atoms with E-state index >= 15 is 0 Å². The summed E-state index contributed by atoms with van der Waals surface area (Å²) in [6.45, 7) is 6.80. The quantitative estimate of drug-likeness (QED) is 0.457. The van der Waals surface area contributed by atoms with Crippen LogP contribution in [0.1, 0.15) is 37.3 Å². The van der Waals surface area contributed by atoms with Gasteiger partial charge >= 0.3 is 0 Å². The number of hydrogen-bond donors (Lipinski definition) is 2. The molecular weight excluding hydrogens is 300 g/mol. The number of piperidine rings is 1. The highest BCUT2D eigenvalue weighted by atomic mass is 16.5. The van der Waals surface area contributed by atoms with E-state index in [-0.39, 0.29) is 0 Å². The maximum Gasteiger partial charge on any atom is 0.191 e. The molecule has 1 atom stereocenters. The Morgan fingerprint density at radius 2 is 2.04 bits per heavy atom. The first-order valence-corrected chi connectivity index (χ1v) is 8.99. The van der Waals surface area contributed by atoms with E-state index in [2.05, 4.69) is 51.7 Å². The first-order chi connectivity index (χ1) is 11.7. The van der Waals surface area contributed by atoms with Gasteiger partial charge < -0.3 is 15.4 Å². The van der Waals surface area contributed by atoms with Crippen molar-refractivity contribution in [2.75, 3.05) is 33.9 Å². The van der Waals surface area contributed by atoms with Crippen LogP contribution in [-0.2, 0) is 17.8 Å². The van der Waals surface area contributed by atoms with Crippen LogP contribution in [-0.4, -0.2) is 50.8 Å². The van der Waals surface area contributed by atoms with Gasteiger partial charge in [-0.2, -0.15) is 0 Å². The van der Waals surface area contributed by atoms with Crippen molar-refractivity contribution in [3.8, 4) is 0 Å². The standard InChI is InChI=1S/C19H32N4O/c1-16-8-6-7-12-23(16)15-18-10-5-4-9-17(18)14-22-19(20-2)21-11-13-24-3/h4-5,9-10,16H,6-8,11-15H2,1-3H3,(H2,20,21,22). The van der Waals surface area contributed by atoms with Gasteiger partial charge in [-0.15, -0.1) is 0 Å².